The van der Waals surface area contributed by atoms with E-state index in [0.29, 0.717) is 22.0 Å². The number of piperidine rings is 1. The van der Waals surface area contributed by atoms with Crippen LogP contribution >= 0.6 is 11.8 Å². The van der Waals surface area contributed by atoms with Crippen molar-refractivity contribution in [2.24, 2.45) is 5.92 Å². The molecule has 4 rings (SSSR count). The Morgan fingerprint density at radius 3 is 2.62 bits per heavy atom. The Labute approximate surface area is 174 Å². The van der Waals surface area contributed by atoms with Crippen LogP contribution in [0, 0.1) is 5.92 Å². The average molecular weight is 408 g/mol. The Morgan fingerprint density at radius 1 is 1.14 bits per heavy atom. The molecule has 1 aliphatic heterocycles. The third-order valence-corrected chi connectivity index (χ3v) is 6.40. The predicted octanol–water partition coefficient (Wildman–Crippen LogP) is 4.12. The molecule has 6 heteroatoms. The molecule has 1 amide bonds. The molecule has 29 heavy (non-hydrogen) atoms. The van der Waals surface area contributed by atoms with Crippen molar-refractivity contribution in [2.75, 3.05) is 13.1 Å². The molecule has 0 saturated carbocycles. The van der Waals surface area contributed by atoms with Crippen LogP contribution in [-0.4, -0.2) is 38.7 Å². The Morgan fingerprint density at radius 2 is 1.86 bits per heavy atom. The maximum atomic E-state index is 13.3. The minimum absolute atomic E-state index is 0.114. The Balaban J connectivity index is 1.72. The van der Waals surface area contributed by atoms with Crippen molar-refractivity contribution in [1.82, 2.24) is 14.5 Å². The third-order valence-electron chi connectivity index (χ3n) is 5.36. The zero-order chi connectivity index (χ0) is 20.4. The van der Waals surface area contributed by atoms with E-state index in [1.165, 1.54) is 18.2 Å². The van der Waals surface area contributed by atoms with Gasteiger partial charge in [0.25, 0.3) is 5.56 Å². The normalized spacial score (nSPS) is 18.0. The minimum atomic E-state index is -0.316. The van der Waals surface area contributed by atoms with Crippen molar-refractivity contribution >= 4 is 28.6 Å². The number of carbonyl (C=O) groups excluding carboxylic acids is 1. The van der Waals surface area contributed by atoms with E-state index in [0.717, 1.165) is 25.2 Å². The molecule has 0 spiro atoms. The number of rotatable bonds is 4. The Bertz CT molecular complexity index is 1080. The molecule has 1 fully saturated rings. The maximum Gasteiger partial charge on any atom is 0.266 e. The molecule has 150 valence electrons. The molecule has 3 aromatic rings. The van der Waals surface area contributed by atoms with Crippen LogP contribution in [0.15, 0.2) is 64.5 Å². The zero-order valence-electron chi connectivity index (χ0n) is 16.7. The highest BCUT2D eigenvalue weighted by atomic mass is 32.2. The summed E-state index contributed by atoms with van der Waals surface area (Å²) in [4.78, 5) is 33.0. The molecule has 0 radical (unpaired) electrons. The van der Waals surface area contributed by atoms with E-state index in [4.69, 9.17) is 4.98 Å². The van der Waals surface area contributed by atoms with Gasteiger partial charge in [-0.3, -0.25) is 14.2 Å². The number of likely N-dealkylation sites (tertiary alicyclic amines) is 1. The second-order valence-electron chi connectivity index (χ2n) is 7.68. The minimum Gasteiger partial charge on any atom is -0.341 e. The van der Waals surface area contributed by atoms with Gasteiger partial charge in [-0.15, -0.1) is 0 Å². The second-order valence-corrected chi connectivity index (χ2v) is 8.99. The van der Waals surface area contributed by atoms with Crippen LogP contribution in [-0.2, 0) is 4.79 Å². The molecule has 1 saturated heterocycles. The highest BCUT2D eigenvalue weighted by Crippen LogP contribution is 2.27. The number of aromatic nitrogens is 2. The summed E-state index contributed by atoms with van der Waals surface area (Å²) in [6.45, 7) is 5.71. The van der Waals surface area contributed by atoms with Crippen LogP contribution in [0.2, 0.25) is 0 Å². The Hall–Kier alpha value is -2.60. The monoisotopic (exact) mass is 407 g/mol. The zero-order valence-corrected chi connectivity index (χ0v) is 17.6. The number of thioether (sulfide) groups is 1. The summed E-state index contributed by atoms with van der Waals surface area (Å²) in [7, 11) is 0. The van der Waals surface area contributed by atoms with E-state index < -0.39 is 0 Å². The number of benzene rings is 2. The SMILES string of the molecule is CC1CCCN(C(=O)C(C)Sc2nc3ccccc3c(=O)n2-c2ccccc2)C1. The van der Waals surface area contributed by atoms with Crippen LogP contribution in [0.4, 0.5) is 0 Å². The van der Waals surface area contributed by atoms with Crippen LogP contribution in [0.25, 0.3) is 16.6 Å². The van der Waals surface area contributed by atoms with Gasteiger partial charge >= 0.3 is 0 Å². The van der Waals surface area contributed by atoms with Crippen LogP contribution in [0.5, 0.6) is 0 Å². The largest absolute Gasteiger partial charge is 0.341 e. The number of amides is 1. The average Bonchev–Trinajstić information content (AvgIpc) is 2.74. The summed E-state index contributed by atoms with van der Waals surface area (Å²) in [5.41, 5.74) is 1.29. The topological polar surface area (TPSA) is 55.2 Å². The van der Waals surface area contributed by atoms with E-state index in [2.05, 4.69) is 6.92 Å². The highest BCUT2D eigenvalue weighted by Gasteiger charge is 2.27. The molecule has 2 atom stereocenters. The summed E-state index contributed by atoms with van der Waals surface area (Å²) in [5.74, 6) is 0.648. The first-order chi connectivity index (χ1) is 14.0. The molecule has 1 aromatic heterocycles. The smallest absolute Gasteiger partial charge is 0.266 e. The van der Waals surface area contributed by atoms with Gasteiger partial charge in [-0.25, -0.2) is 4.98 Å². The predicted molar refractivity (Wildman–Crippen MR) is 118 cm³/mol. The summed E-state index contributed by atoms with van der Waals surface area (Å²) >= 11 is 1.36. The summed E-state index contributed by atoms with van der Waals surface area (Å²) < 4.78 is 1.62. The van der Waals surface area contributed by atoms with Gasteiger partial charge in [-0.2, -0.15) is 0 Å². The number of nitrogens with zero attached hydrogens (tertiary/aromatic N) is 3. The maximum absolute atomic E-state index is 13.3. The van der Waals surface area contributed by atoms with E-state index in [1.807, 2.05) is 60.4 Å². The molecule has 5 nitrogen and oxygen atoms in total. The van der Waals surface area contributed by atoms with Crippen molar-refractivity contribution in [2.45, 2.75) is 37.1 Å². The van der Waals surface area contributed by atoms with Crippen LogP contribution < -0.4 is 5.56 Å². The molecule has 1 aliphatic rings. The number of carbonyl (C=O) groups is 1. The first kappa shape index (κ1) is 19.7. The van der Waals surface area contributed by atoms with Gasteiger partial charge in [-0.1, -0.05) is 49.0 Å². The lowest BCUT2D eigenvalue weighted by molar-refractivity contribution is -0.132. The van der Waals surface area contributed by atoms with E-state index in [9.17, 15) is 9.59 Å². The van der Waals surface area contributed by atoms with Crippen molar-refractivity contribution in [1.29, 1.82) is 0 Å². The van der Waals surface area contributed by atoms with Gasteiger partial charge in [0.2, 0.25) is 5.91 Å². The van der Waals surface area contributed by atoms with Gasteiger partial charge in [0.15, 0.2) is 5.16 Å². The number of para-hydroxylation sites is 2. The molecule has 0 aliphatic carbocycles. The van der Waals surface area contributed by atoms with Crippen molar-refractivity contribution in [3.63, 3.8) is 0 Å². The second kappa shape index (κ2) is 8.41. The highest BCUT2D eigenvalue weighted by molar-refractivity contribution is 8.00. The van der Waals surface area contributed by atoms with Crippen LogP contribution in [0.3, 0.4) is 0 Å². The summed E-state index contributed by atoms with van der Waals surface area (Å²) in [5, 5.41) is 0.804. The lowest BCUT2D eigenvalue weighted by atomic mass is 10.0. The van der Waals surface area contributed by atoms with Crippen molar-refractivity contribution < 1.29 is 4.79 Å². The lowest BCUT2D eigenvalue weighted by Crippen LogP contribution is -2.42. The first-order valence-electron chi connectivity index (χ1n) is 10.1. The fourth-order valence-electron chi connectivity index (χ4n) is 3.85. The first-order valence-corrected chi connectivity index (χ1v) is 10.9. The molecule has 0 bridgehead atoms. The Kier molecular flexibility index (Phi) is 5.72. The number of fused-ring (bicyclic) bond motifs is 1. The number of hydrogen-bond acceptors (Lipinski definition) is 4. The van der Waals surface area contributed by atoms with Gasteiger partial charge < -0.3 is 4.90 Å². The van der Waals surface area contributed by atoms with Crippen molar-refractivity contribution in [3.8, 4) is 5.69 Å². The third kappa shape index (κ3) is 4.08. The van der Waals surface area contributed by atoms with Gasteiger partial charge in [-0.05, 0) is 49.9 Å². The van der Waals surface area contributed by atoms with E-state index in [1.54, 1.807) is 10.6 Å². The van der Waals surface area contributed by atoms with E-state index in [-0.39, 0.29) is 16.7 Å². The van der Waals surface area contributed by atoms with E-state index >= 15 is 0 Å². The molecule has 0 N–H and O–H groups in total. The fourth-order valence-corrected chi connectivity index (χ4v) is 4.86. The quantitative estimate of drug-likeness (QED) is 0.482. The van der Waals surface area contributed by atoms with Gasteiger partial charge in [0.1, 0.15) is 0 Å². The van der Waals surface area contributed by atoms with Crippen molar-refractivity contribution in [3.05, 3.63) is 65.0 Å². The standard InChI is InChI=1S/C23H25N3O2S/c1-16-9-8-14-25(15-16)21(27)17(2)29-23-24-20-13-7-6-12-19(20)22(28)26(23)18-10-4-3-5-11-18/h3-7,10-13,16-17H,8-9,14-15H2,1-2H3. The molecule has 2 heterocycles. The molecule has 2 unspecified atom stereocenters. The number of hydrogen-bond donors (Lipinski definition) is 0. The van der Waals surface area contributed by atoms with Gasteiger partial charge in [0.05, 0.1) is 21.8 Å². The molecule has 2 aromatic carbocycles. The lowest BCUT2D eigenvalue weighted by Gasteiger charge is -2.32. The van der Waals surface area contributed by atoms with Crippen LogP contribution in [0.1, 0.15) is 26.7 Å². The molecular formula is C23H25N3O2S. The molecular weight excluding hydrogens is 382 g/mol. The summed E-state index contributed by atoms with van der Waals surface area (Å²) in [6, 6.07) is 16.8. The summed E-state index contributed by atoms with van der Waals surface area (Å²) in [6.07, 6.45) is 2.22. The fraction of sp³-hybridized carbons (Fsp3) is 0.348. The van der Waals surface area contributed by atoms with Gasteiger partial charge in [0, 0.05) is 13.1 Å².